The van der Waals surface area contributed by atoms with Crippen LogP contribution in [0.1, 0.15) is 74.1 Å². The summed E-state index contributed by atoms with van der Waals surface area (Å²) in [6, 6.07) is 7.81. The maximum atomic E-state index is 6.01. The van der Waals surface area contributed by atoms with Crippen LogP contribution in [0.3, 0.4) is 0 Å². The van der Waals surface area contributed by atoms with Crippen LogP contribution in [0.5, 0.6) is 0 Å². The van der Waals surface area contributed by atoms with Crippen molar-refractivity contribution in [3.8, 4) is 0 Å². The van der Waals surface area contributed by atoms with Crippen LogP contribution in [0.15, 0.2) is 29.3 Å². The fraction of sp³-hybridized carbons (Fsp3) is 0.682. The van der Waals surface area contributed by atoms with E-state index in [-0.39, 0.29) is 16.4 Å². The summed E-state index contributed by atoms with van der Waals surface area (Å²) >= 11 is 6.01. The van der Waals surface area contributed by atoms with Gasteiger partial charge in [0, 0.05) is 17.1 Å². The minimum absolute atomic E-state index is 0.190. The largest absolute Gasteiger partial charge is 0.354 e. The molecule has 0 atom stereocenters. The van der Waals surface area contributed by atoms with E-state index in [0.717, 1.165) is 23.1 Å². The molecule has 0 bridgehead atoms. The van der Waals surface area contributed by atoms with Gasteiger partial charge in [-0.25, -0.2) is 4.99 Å². The van der Waals surface area contributed by atoms with Crippen molar-refractivity contribution in [2.75, 3.05) is 6.54 Å². The fourth-order valence-electron chi connectivity index (χ4n) is 3.50. The Bertz CT molecular complexity index is 602. The molecule has 0 aliphatic heterocycles. The maximum absolute atomic E-state index is 6.01. The highest BCUT2D eigenvalue weighted by Crippen LogP contribution is 2.43. The van der Waals surface area contributed by atoms with Gasteiger partial charge in [-0.05, 0) is 61.8 Å². The summed E-state index contributed by atoms with van der Waals surface area (Å²) in [5.41, 5.74) is 1.61. The Morgan fingerprint density at radius 2 is 1.60 bits per heavy atom. The van der Waals surface area contributed by atoms with Gasteiger partial charge in [0.15, 0.2) is 0 Å². The van der Waals surface area contributed by atoms with E-state index in [1.54, 1.807) is 0 Å². The highest BCUT2D eigenvalue weighted by molar-refractivity contribution is 6.30. The first-order valence-corrected chi connectivity index (χ1v) is 9.91. The van der Waals surface area contributed by atoms with Gasteiger partial charge in [-0.2, -0.15) is 0 Å². The number of hydrogen-bond acceptors (Lipinski definition) is 1. The molecule has 2 nitrogen and oxygen atoms in total. The van der Waals surface area contributed by atoms with Crippen LogP contribution < -0.4 is 0 Å². The molecule has 3 heteroatoms. The predicted molar refractivity (Wildman–Crippen MR) is 111 cm³/mol. The quantitative estimate of drug-likeness (QED) is 0.412. The number of rotatable bonds is 4. The second kappa shape index (κ2) is 7.31. The Hall–Kier alpha value is -1.02. The molecule has 140 valence electrons. The van der Waals surface area contributed by atoms with E-state index in [9.17, 15) is 0 Å². The van der Waals surface area contributed by atoms with Crippen molar-refractivity contribution >= 4 is 23.1 Å². The Labute approximate surface area is 159 Å². The lowest BCUT2D eigenvalue weighted by Gasteiger charge is -2.48. The molecule has 0 radical (unpaired) electrons. The molecule has 1 fully saturated rings. The first-order valence-electron chi connectivity index (χ1n) is 9.53. The lowest BCUT2D eigenvalue weighted by atomic mass is 9.68. The van der Waals surface area contributed by atoms with Crippen molar-refractivity contribution in [2.24, 2.45) is 15.8 Å². The molecule has 1 aromatic rings. The maximum Gasteiger partial charge on any atom is 0.102 e. The summed E-state index contributed by atoms with van der Waals surface area (Å²) in [6.45, 7) is 17.4. The van der Waals surface area contributed by atoms with Gasteiger partial charge in [-0.15, -0.1) is 0 Å². The van der Waals surface area contributed by atoms with Gasteiger partial charge in [0.05, 0.1) is 5.69 Å². The zero-order valence-electron chi connectivity index (χ0n) is 17.1. The molecule has 0 heterocycles. The fourth-order valence-corrected chi connectivity index (χ4v) is 3.62. The second-order valence-corrected chi connectivity index (χ2v) is 10.00. The average Bonchev–Trinajstić information content (AvgIpc) is 2.93. The molecule has 1 aliphatic rings. The van der Waals surface area contributed by atoms with E-state index in [4.69, 9.17) is 16.6 Å². The molecule has 2 rings (SSSR count). The first kappa shape index (κ1) is 20.3. The van der Waals surface area contributed by atoms with E-state index >= 15 is 0 Å². The minimum Gasteiger partial charge on any atom is -0.354 e. The summed E-state index contributed by atoms with van der Waals surface area (Å²) in [7, 11) is 0. The van der Waals surface area contributed by atoms with Gasteiger partial charge in [0.2, 0.25) is 0 Å². The van der Waals surface area contributed by atoms with Crippen molar-refractivity contribution in [2.45, 2.75) is 79.7 Å². The van der Waals surface area contributed by atoms with E-state index < -0.39 is 0 Å². The average molecular weight is 363 g/mol. The molecule has 0 amide bonds. The summed E-state index contributed by atoms with van der Waals surface area (Å²) in [5, 5.41) is 0.755. The smallest absolute Gasteiger partial charge is 0.102 e. The lowest BCUT2D eigenvalue weighted by molar-refractivity contribution is 0.0580. The standard InChI is InChI=1S/C22H35ClN2/c1-17(24-19-12-10-18(23)11-13-19)25(22(7)14-8-9-15-22)16-21(5,6)20(2,3)4/h10-13H,8-9,14-16H2,1-7H3. The van der Waals surface area contributed by atoms with E-state index in [1.807, 2.05) is 24.3 Å². The summed E-state index contributed by atoms with van der Waals surface area (Å²) in [4.78, 5) is 7.52. The first-order chi connectivity index (χ1) is 11.4. The van der Waals surface area contributed by atoms with Gasteiger partial charge in [0.1, 0.15) is 5.84 Å². The van der Waals surface area contributed by atoms with Crippen LogP contribution in [-0.4, -0.2) is 22.8 Å². The number of benzene rings is 1. The molecule has 0 N–H and O–H groups in total. The molecule has 0 aromatic heterocycles. The zero-order valence-corrected chi connectivity index (χ0v) is 17.9. The molecule has 25 heavy (non-hydrogen) atoms. The third kappa shape index (κ3) is 4.78. The predicted octanol–water partition coefficient (Wildman–Crippen LogP) is 7.10. The third-order valence-electron chi connectivity index (χ3n) is 6.42. The summed E-state index contributed by atoms with van der Waals surface area (Å²) in [5.74, 6) is 1.11. The minimum atomic E-state index is 0.190. The van der Waals surface area contributed by atoms with Crippen LogP contribution in [-0.2, 0) is 0 Å². The second-order valence-electron chi connectivity index (χ2n) is 9.56. The van der Waals surface area contributed by atoms with Gasteiger partial charge >= 0.3 is 0 Å². The van der Waals surface area contributed by atoms with Crippen LogP contribution in [0.4, 0.5) is 5.69 Å². The van der Waals surface area contributed by atoms with Crippen LogP contribution in [0, 0.1) is 10.8 Å². The molecule has 0 spiro atoms. The van der Waals surface area contributed by atoms with Crippen molar-refractivity contribution in [3.05, 3.63) is 29.3 Å². The molecular weight excluding hydrogens is 328 g/mol. The lowest BCUT2D eigenvalue weighted by Crippen LogP contribution is -2.53. The van der Waals surface area contributed by atoms with Gasteiger partial charge in [-0.3, -0.25) is 0 Å². The Morgan fingerprint density at radius 3 is 2.08 bits per heavy atom. The normalized spacial score (nSPS) is 18.5. The molecule has 1 aromatic carbocycles. The summed E-state index contributed by atoms with van der Waals surface area (Å²) in [6.07, 6.45) is 5.13. The topological polar surface area (TPSA) is 15.6 Å². The van der Waals surface area contributed by atoms with Crippen molar-refractivity contribution < 1.29 is 0 Å². The van der Waals surface area contributed by atoms with Crippen molar-refractivity contribution in [1.29, 1.82) is 0 Å². The molecule has 0 unspecified atom stereocenters. The number of hydrogen-bond donors (Lipinski definition) is 0. The van der Waals surface area contributed by atoms with Crippen LogP contribution >= 0.6 is 11.6 Å². The van der Waals surface area contributed by atoms with Crippen molar-refractivity contribution in [3.63, 3.8) is 0 Å². The highest BCUT2D eigenvalue weighted by atomic mass is 35.5. The zero-order chi connectivity index (χ0) is 18.9. The number of aliphatic imine (C=N–C) groups is 1. The number of nitrogens with zero attached hydrogens (tertiary/aromatic N) is 2. The van der Waals surface area contributed by atoms with Crippen molar-refractivity contribution in [1.82, 2.24) is 4.90 Å². The molecule has 1 aliphatic carbocycles. The van der Waals surface area contributed by atoms with Gasteiger partial charge in [-0.1, -0.05) is 59.1 Å². The third-order valence-corrected chi connectivity index (χ3v) is 6.68. The van der Waals surface area contributed by atoms with Gasteiger partial charge in [0.25, 0.3) is 0 Å². The van der Waals surface area contributed by atoms with E-state index in [2.05, 4.69) is 53.4 Å². The molecule has 0 saturated heterocycles. The van der Waals surface area contributed by atoms with Gasteiger partial charge < -0.3 is 4.90 Å². The van der Waals surface area contributed by atoms with E-state index in [0.29, 0.717) is 0 Å². The Morgan fingerprint density at radius 1 is 1.08 bits per heavy atom. The van der Waals surface area contributed by atoms with Crippen LogP contribution in [0.2, 0.25) is 5.02 Å². The Kier molecular flexibility index (Phi) is 5.93. The van der Waals surface area contributed by atoms with E-state index in [1.165, 1.54) is 25.7 Å². The SMILES string of the molecule is CC(=Nc1ccc(Cl)cc1)N(CC(C)(C)C(C)(C)C)C1(C)CCCC1. The monoisotopic (exact) mass is 362 g/mol. The number of amidine groups is 1. The Balaban J connectivity index is 2.35. The number of halogens is 1. The molecule has 1 saturated carbocycles. The summed E-state index contributed by atoms with van der Waals surface area (Å²) < 4.78 is 0. The molecular formula is C22H35ClN2. The van der Waals surface area contributed by atoms with Crippen LogP contribution in [0.25, 0.3) is 0 Å². The highest BCUT2D eigenvalue weighted by Gasteiger charge is 2.42.